The Balaban J connectivity index is 2.15. The van der Waals surface area contributed by atoms with Gasteiger partial charge in [0, 0.05) is 0 Å². The van der Waals surface area contributed by atoms with Crippen molar-refractivity contribution in [2.75, 3.05) is 5.01 Å². The zero-order chi connectivity index (χ0) is 11.4. The third-order valence-corrected chi connectivity index (χ3v) is 2.39. The highest BCUT2D eigenvalue weighted by Gasteiger charge is 2.06. The monoisotopic (exact) mass is 214 g/mol. The minimum Gasteiger partial charge on any atom is -0.506 e. The molecule has 0 aromatic heterocycles. The maximum atomic E-state index is 9.64. The Labute approximate surface area is 94.7 Å². The van der Waals surface area contributed by atoms with E-state index in [0.29, 0.717) is 12.2 Å². The molecule has 0 aliphatic carbocycles. The van der Waals surface area contributed by atoms with E-state index in [1.165, 1.54) is 5.01 Å². The molecule has 0 atom stereocenters. The van der Waals surface area contributed by atoms with Crippen LogP contribution < -0.4 is 10.9 Å². The maximum absolute atomic E-state index is 9.64. The van der Waals surface area contributed by atoms with Gasteiger partial charge in [0.15, 0.2) is 0 Å². The third-order valence-electron chi connectivity index (χ3n) is 2.39. The van der Waals surface area contributed by atoms with E-state index < -0.39 is 0 Å². The van der Waals surface area contributed by atoms with Crippen molar-refractivity contribution in [3.05, 3.63) is 60.2 Å². The molecule has 82 valence electrons. The van der Waals surface area contributed by atoms with Gasteiger partial charge < -0.3 is 10.1 Å². The Morgan fingerprint density at radius 1 is 0.938 bits per heavy atom. The van der Waals surface area contributed by atoms with Gasteiger partial charge in [0.25, 0.3) is 0 Å². The van der Waals surface area contributed by atoms with Crippen LogP contribution in [-0.4, -0.2) is 5.11 Å². The second kappa shape index (κ2) is 4.68. The fourth-order valence-electron chi connectivity index (χ4n) is 1.57. The average molecular weight is 214 g/mol. The number of phenolic OH excluding ortho intramolecular Hbond substituents is 1. The second-order valence-corrected chi connectivity index (χ2v) is 3.60. The summed E-state index contributed by atoms with van der Waals surface area (Å²) in [5.74, 6) is 6.10. The van der Waals surface area contributed by atoms with Crippen LogP contribution >= 0.6 is 0 Å². The molecule has 0 spiro atoms. The van der Waals surface area contributed by atoms with Crippen molar-refractivity contribution >= 4 is 5.69 Å². The number of nitrogens with two attached hydrogens (primary N) is 1. The molecule has 0 aliphatic heterocycles. The molecule has 0 saturated heterocycles. The zero-order valence-corrected chi connectivity index (χ0v) is 8.88. The molecule has 0 saturated carbocycles. The minimum atomic E-state index is 0.195. The molecule has 0 radical (unpaired) electrons. The van der Waals surface area contributed by atoms with E-state index in [2.05, 4.69) is 0 Å². The van der Waals surface area contributed by atoms with Crippen molar-refractivity contribution in [3.8, 4) is 5.75 Å². The maximum Gasteiger partial charge on any atom is 0.140 e. The van der Waals surface area contributed by atoms with Crippen LogP contribution in [0.2, 0.25) is 0 Å². The van der Waals surface area contributed by atoms with E-state index >= 15 is 0 Å². The highest BCUT2D eigenvalue weighted by atomic mass is 16.3. The molecule has 3 N–H and O–H groups in total. The minimum absolute atomic E-state index is 0.195. The molecule has 16 heavy (non-hydrogen) atoms. The van der Waals surface area contributed by atoms with Crippen molar-refractivity contribution in [1.29, 1.82) is 0 Å². The molecule has 0 fully saturated rings. The van der Waals surface area contributed by atoms with Crippen LogP contribution in [0.4, 0.5) is 5.69 Å². The van der Waals surface area contributed by atoms with Gasteiger partial charge >= 0.3 is 0 Å². The molecule has 0 amide bonds. The summed E-state index contributed by atoms with van der Waals surface area (Å²) in [6.45, 7) is 0.568. The van der Waals surface area contributed by atoms with Gasteiger partial charge in [-0.15, -0.1) is 0 Å². The Bertz CT molecular complexity index is 456. The van der Waals surface area contributed by atoms with E-state index in [-0.39, 0.29) is 5.75 Å². The predicted molar refractivity (Wildman–Crippen MR) is 64.9 cm³/mol. The van der Waals surface area contributed by atoms with Crippen LogP contribution in [-0.2, 0) is 6.54 Å². The zero-order valence-electron chi connectivity index (χ0n) is 8.88. The standard InChI is InChI=1S/C13H14N2O/c14-15(10-11-6-2-1-3-7-11)12-8-4-5-9-13(12)16/h1-9,16H,10,14H2. The molecule has 2 rings (SSSR count). The average Bonchev–Trinajstić information content (AvgIpc) is 2.31. The first-order valence-electron chi connectivity index (χ1n) is 5.11. The van der Waals surface area contributed by atoms with Gasteiger partial charge in [-0.3, -0.25) is 0 Å². The molecular weight excluding hydrogens is 200 g/mol. The Kier molecular flexibility index (Phi) is 3.08. The van der Waals surface area contributed by atoms with Crippen LogP contribution in [0.5, 0.6) is 5.75 Å². The Morgan fingerprint density at radius 3 is 2.25 bits per heavy atom. The molecule has 3 nitrogen and oxygen atoms in total. The lowest BCUT2D eigenvalue weighted by molar-refractivity contribution is 0.474. The van der Waals surface area contributed by atoms with Crippen LogP contribution in [0.3, 0.4) is 0 Å². The highest BCUT2D eigenvalue weighted by molar-refractivity contribution is 5.56. The van der Waals surface area contributed by atoms with Crippen molar-refractivity contribution in [2.24, 2.45) is 5.84 Å². The quantitative estimate of drug-likeness (QED) is 0.608. The lowest BCUT2D eigenvalue weighted by atomic mass is 10.2. The topological polar surface area (TPSA) is 49.5 Å². The molecule has 0 bridgehead atoms. The van der Waals surface area contributed by atoms with E-state index in [1.807, 2.05) is 36.4 Å². The number of anilines is 1. The normalized spacial score (nSPS) is 10.1. The molecule has 0 heterocycles. The highest BCUT2D eigenvalue weighted by Crippen LogP contribution is 2.25. The first-order valence-corrected chi connectivity index (χ1v) is 5.11. The molecular formula is C13H14N2O. The summed E-state index contributed by atoms with van der Waals surface area (Å²) in [6.07, 6.45) is 0. The van der Waals surface area contributed by atoms with Gasteiger partial charge in [0.05, 0.1) is 12.2 Å². The largest absolute Gasteiger partial charge is 0.506 e. The molecule has 2 aromatic carbocycles. The van der Waals surface area contributed by atoms with E-state index in [0.717, 1.165) is 5.56 Å². The van der Waals surface area contributed by atoms with Crippen molar-refractivity contribution in [2.45, 2.75) is 6.54 Å². The lowest BCUT2D eigenvalue weighted by Crippen LogP contribution is -2.29. The van der Waals surface area contributed by atoms with Crippen LogP contribution in [0.15, 0.2) is 54.6 Å². The van der Waals surface area contributed by atoms with Crippen LogP contribution in [0.25, 0.3) is 0 Å². The van der Waals surface area contributed by atoms with Crippen LogP contribution in [0.1, 0.15) is 5.56 Å². The summed E-state index contributed by atoms with van der Waals surface area (Å²) in [5, 5.41) is 11.2. The number of rotatable bonds is 3. The number of hydrogen-bond acceptors (Lipinski definition) is 3. The summed E-state index contributed by atoms with van der Waals surface area (Å²) in [6, 6.07) is 16.9. The molecule has 0 aliphatic rings. The van der Waals surface area contributed by atoms with E-state index in [9.17, 15) is 5.11 Å². The molecule has 2 aromatic rings. The van der Waals surface area contributed by atoms with Gasteiger partial charge in [0.2, 0.25) is 0 Å². The number of benzene rings is 2. The molecule has 3 heteroatoms. The van der Waals surface area contributed by atoms with Crippen molar-refractivity contribution in [1.82, 2.24) is 0 Å². The fourth-order valence-corrected chi connectivity index (χ4v) is 1.57. The summed E-state index contributed by atoms with van der Waals surface area (Å²) >= 11 is 0. The number of aromatic hydroxyl groups is 1. The van der Waals surface area contributed by atoms with Gasteiger partial charge in [-0.1, -0.05) is 42.5 Å². The summed E-state index contributed by atoms with van der Waals surface area (Å²) in [7, 11) is 0. The van der Waals surface area contributed by atoms with Gasteiger partial charge in [-0.2, -0.15) is 0 Å². The molecule has 0 unspecified atom stereocenters. The third kappa shape index (κ3) is 2.32. The van der Waals surface area contributed by atoms with Crippen molar-refractivity contribution < 1.29 is 5.11 Å². The fraction of sp³-hybridized carbons (Fsp3) is 0.0769. The van der Waals surface area contributed by atoms with Gasteiger partial charge in [-0.25, -0.2) is 5.84 Å². The van der Waals surface area contributed by atoms with E-state index in [4.69, 9.17) is 5.84 Å². The Morgan fingerprint density at radius 2 is 1.56 bits per heavy atom. The Hall–Kier alpha value is -2.00. The summed E-state index contributed by atoms with van der Waals surface area (Å²) in [4.78, 5) is 0. The van der Waals surface area contributed by atoms with E-state index in [1.54, 1.807) is 18.2 Å². The number of hydrazine groups is 1. The smallest absolute Gasteiger partial charge is 0.140 e. The SMILES string of the molecule is NN(Cc1ccccc1)c1ccccc1O. The second-order valence-electron chi connectivity index (χ2n) is 3.60. The van der Waals surface area contributed by atoms with Gasteiger partial charge in [-0.05, 0) is 17.7 Å². The predicted octanol–water partition coefficient (Wildman–Crippen LogP) is 2.27. The number of hydrogen-bond donors (Lipinski definition) is 2. The van der Waals surface area contributed by atoms with Gasteiger partial charge in [0.1, 0.15) is 5.75 Å². The first kappa shape index (κ1) is 10.5. The lowest BCUT2D eigenvalue weighted by Gasteiger charge is -2.19. The van der Waals surface area contributed by atoms with Crippen molar-refractivity contribution in [3.63, 3.8) is 0 Å². The first-order chi connectivity index (χ1) is 7.77. The number of para-hydroxylation sites is 2. The number of phenols is 1. The van der Waals surface area contributed by atoms with Crippen LogP contribution in [0, 0.1) is 0 Å². The summed E-state index contributed by atoms with van der Waals surface area (Å²) in [5.41, 5.74) is 1.74. The summed E-state index contributed by atoms with van der Waals surface area (Å²) < 4.78 is 0. The number of nitrogens with zero attached hydrogens (tertiary/aromatic N) is 1.